The maximum Gasteiger partial charge on any atom is 0.272 e. The Balaban J connectivity index is 1.59. The first kappa shape index (κ1) is 16.5. The molecule has 3 atom stereocenters. The highest BCUT2D eigenvalue weighted by Gasteiger charge is 2.38. The molecule has 128 valence electrons. The predicted octanol–water partition coefficient (Wildman–Crippen LogP) is 1.51. The van der Waals surface area contributed by atoms with Crippen LogP contribution >= 0.6 is 0 Å². The molecule has 0 aliphatic carbocycles. The van der Waals surface area contributed by atoms with E-state index < -0.39 is 0 Å². The topological polar surface area (TPSA) is 70.2 Å². The van der Waals surface area contributed by atoms with Gasteiger partial charge in [-0.15, -0.1) is 0 Å². The number of hydrogen-bond acceptors (Lipinski definition) is 4. The molecule has 2 N–H and O–H groups in total. The first-order valence-electron chi connectivity index (χ1n) is 8.69. The molecule has 0 unspecified atom stereocenters. The second-order valence-corrected chi connectivity index (χ2v) is 7.16. The molecule has 2 fully saturated rings. The molecule has 1 amide bonds. The number of aromatic amines is 1. The summed E-state index contributed by atoms with van der Waals surface area (Å²) >= 11 is 0. The highest BCUT2D eigenvalue weighted by molar-refractivity contribution is 5.94. The Labute approximate surface area is 138 Å². The van der Waals surface area contributed by atoms with Crippen molar-refractivity contribution in [1.29, 1.82) is 0 Å². The molecule has 0 bridgehead atoms. The number of aromatic nitrogens is 2. The first-order valence-corrected chi connectivity index (χ1v) is 8.69. The highest BCUT2D eigenvalue weighted by Crippen LogP contribution is 2.26. The Bertz CT molecular complexity index is 569. The van der Waals surface area contributed by atoms with Crippen LogP contribution in [-0.2, 0) is 11.2 Å². The third-order valence-electron chi connectivity index (χ3n) is 5.20. The Hall–Kier alpha value is -1.40. The van der Waals surface area contributed by atoms with E-state index in [1.54, 1.807) is 0 Å². The van der Waals surface area contributed by atoms with E-state index in [4.69, 9.17) is 4.74 Å². The van der Waals surface area contributed by atoms with Gasteiger partial charge in [0.05, 0.1) is 12.7 Å². The van der Waals surface area contributed by atoms with E-state index in [0.717, 1.165) is 43.8 Å². The number of morpholine rings is 1. The lowest BCUT2D eigenvalue weighted by atomic mass is 10.0. The Morgan fingerprint density at radius 1 is 1.48 bits per heavy atom. The molecular weight excluding hydrogens is 292 g/mol. The van der Waals surface area contributed by atoms with Crippen molar-refractivity contribution in [3.8, 4) is 0 Å². The van der Waals surface area contributed by atoms with Crippen LogP contribution in [0.25, 0.3) is 0 Å². The number of fused-ring (bicyclic) bond motifs is 1. The van der Waals surface area contributed by atoms with Crippen molar-refractivity contribution < 1.29 is 9.53 Å². The van der Waals surface area contributed by atoms with Crippen molar-refractivity contribution in [1.82, 2.24) is 20.4 Å². The van der Waals surface area contributed by atoms with Gasteiger partial charge in [0.2, 0.25) is 0 Å². The van der Waals surface area contributed by atoms with Crippen LogP contribution in [-0.4, -0.2) is 58.9 Å². The summed E-state index contributed by atoms with van der Waals surface area (Å²) in [5, 5.41) is 10.3. The smallest absolute Gasteiger partial charge is 0.272 e. The minimum absolute atomic E-state index is 0.0652. The van der Waals surface area contributed by atoms with Gasteiger partial charge in [-0.05, 0) is 25.7 Å². The SMILES string of the molecule is CCc1[nH]nc(C(=O)N[C@@H]2C[C@H]3CO[C@@H](C(C)C)CN3C2)c1C. The van der Waals surface area contributed by atoms with Gasteiger partial charge in [0.1, 0.15) is 0 Å². The average molecular weight is 320 g/mol. The number of carbonyl (C=O) groups excluding carboxylic acids is 1. The van der Waals surface area contributed by atoms with Crippen LogP contribution in [0.1, 0.15) is 48.9 Å². The molecule has 2 aliphatic rings. The van der Waals surface area contributed by atoms with Crippen LogP contribution < -0.4 is 5.32 Å². The van der Waals surface area contributed by atoms with Crippen molar-refractivity contribution in [2.75, 3.05) is 19.7 Å². The Morgan fingerprint density at radius 3 is 2.91 bits per heavy atom. The van der Waals surface area contributed by atoms with Gasteiger partial charge in [0.25, 0.3) is 5.91 Å². The lowest BCUT2D eigenvalue weighted by Crippen LogP contribution is -2.48. The second kappa shape index (κ2) is 6.61. The van der Waals surface area contributed by atoms with E-state index in [2.05, 4.69) is 41.2 Å². The molecular formula is C17H28N4O2. The Kier molecular flexibility index (Phi) is 4.73. The molecule has 23 heavy (non-hydrogen) atoms. The van der Waals surface area contributed by atoms with Crippen molar-refractivity contribution in [2.24, 2.45) is 5.92 Å². The van der Waals surface area contributed by atoms with E-state index in [1.807, 2.05) is 6.92 Å². The molecule has 3 heterocycles. The molecule has 1 aromatic rings. The summed E-state index contributed by atoms with van der Waals surface area (Å²) in [6, 6.07) is 0.616. The van der Waals surface area contributed by atoms with E-state index in [1.165, 1.54) is 0 Å². The minimum Gasteiger partial charge on any atom is -0.375 e. The summed E-state index contributed by atoms with van der Waals surface area (Å²) in [7, 11) is 0. The fourth-order valence-electron chi connectivity index (χ4n) is 3.66. The molecule has 0 aromatic carbocycles. The number of rotatable bonds is 4. The molecule has 0 spiro atoms. The third kappa shape index (κ3) is 3.28. The number of nitrogens with one attached hydrogen (secondary N) is 2. The van der Waals surface area contributed by atoms with E-state index >= 15 is 0 Å². The predicted molar refractivity (Wildman–Crippen MR) is 88.5 cm³/mol. The largest absolute Gasteiger partial charge is 0.375 e. The lowest BCUT2D eigenvalue weighted by Gasteiger charge is -2.36. The molecule has 6 nitrogen and oxygen atoms in total. The van der Waals surface area contributed by atoms with Crippen LogP contribution in [0.2, 0.25) is 0 Å². The summed E-state index contributed by atoms with van der Waals surface area (Å²) < 4.78 is 5.96. The van der Waals surface area contributed by atoms with Crippen molar-refractivity contribution in [3.05, 3.63) is 17.0 Å². The van der Waals surface area contributed by atoms with Crippen molar-refractivity contribution >= 4 is 5.91 Å². The van der Waals surface area contributed by atoms with Gasteiger partial charge < -0.3 is 10.1 Å². The first-order chi connectivity index (χ1) is 11.0. The van der Waals surface area contributed by atoms with Crippen LogP contribution in [0.5, 0.6) is 0 Å². The van der Waals surface area contributed by atoms with Gasteiger partial charge in [-0.2, -0.15) is 5.10 Å². The summed E-state index contributed by atoms with van der Waals surface area (Å²) in [5.41, 5.74) is 2.53. The summed E-state index contributed by atoms with van der Waals surface area (Å²) in [4.78, 5) is 15.0. The third-order valence-corrected chi connectivity index (χ3v) is 5.20. The number of amides is 1. The fraction of sp³-hybridized carbons (Fsp3) is 0.765. The average Bonchev–Trinajstić information content (AvgIpc) is 3.08. The minimum atomic E-state index is -0.0652. The Morgan fingerprint density at radius 2 is 2.26 bits per heavy atom. The van der Waals surface area contributed by atoms with Crippen LogP contribution in [0.3, 0.4) is 0 Å². The standard InChI is InChI=1S/C17H28N4O2/c1-5-14-11(4)16(20-19-14)17(22)18-12-6-13-9-23-15(10(2)3)8-21(13)7-12/h10,12-13,15H,5-9H2,1-4H3,(H,18,22)(H,19,20)/t12-,13+,15-/m1/s1. The number of carbonyl (C=O) groups is 1. The summed E-state index contributed by atoms with van der Waals surface area (Å²) in [6.07, 6.45) is 2.13. The number of nitrogens with zero attached hydrogens (tertiary/aromatic N) is 2. The zero-order valence-electron chi connectivity index (χ0n) is 14.6. The zero-order valence-corrected chi connectivity index (χ0v) is 14.6. The molecule has 3 rings (SSSR count). The van der Waals surface area contributed by atoms with Crippen LogP contribution in [0.15, 0.2) is 0 Å². The van der Waals surface area contributed by atoms with E-state index in [-0.39, 0.29) is 11.9 Å². The molecule has 0 saturated carbocycles. The second-order valence-electron chi connectivity index (χ2n) is 7.16. The van der Waals surface area contributed by atoms with Gasteiger partial charge in [-0.1, -0.05) is 20.8 Å². The van der Waals surface area contributed by atoms with E-state index in [0.29, 0.717) is 23.8 Å². The lowest BCUT2D eigenvalue weighted by molar-refractivity contribution is -0.0683. The molecule has 2 aliphatic heterocycles. The highest BCUT2D eigenvalue weighted by atomic mass is 16.5. The van der Waals surface area contributed by atoms with Gasteiger partial charge in [-0.25, -0.2) is 0 Å². The van der Waals surface area contributed by atoms with Crippen molar-refractivity contribution in [3.63, 3.8) is 0 Å². The fourth-order valence-corrected chi connectivity index (χ4v) is 3.66. The quantitative estimate of drug-likeness (QED) is 0.882. The number of aryl methyl sites for hydroxylation is 1. The van der Waals surface area contributed by atoms with Gasteiger partial charge in [0.15, 0.2) is 5.69 Å². The summed E-state index contributed by atoms with van der Waals surface area (Å²) in [6.45, 7) is 11.1. The van der Waals surface area contributed by atoms with Gasteiger partial charge in [-0.3, -0.25) is 14.8 Å². The molecule has 2 saturated heterocycles. The maximum absolute atomic E-state index is 12.5. The molecule has 1 aromatic heterocycles. The van der Waals surface area contributed by atoms with Crippen LogP contribution in [0, 0.1) is 12.8 Å². The maximum atomic E-state index is 12.5. The van der Waals surface area contributed by atoms with E-state index in [9.17, 15) is 4.79 Å². The van der Waals surface area contributed by atoms with Crippen LogP contribution in [0.4, 0.5) is 0 Å². The zero-order chi connectivity index (χ0) is 16.6. The number of hydrogen-bond donors (Lipinski definition) is 2. The summed E-state index contributed by atoms with van der Waals surface area (Å²) in [5.74, 6) is 0.466. The molecule has 6 heteroatoms. The number of ether oxygens (including phenoxy) is 1. The number of H-pyrrole nitrogens is 1. The monoisotopic (exact) mass is 320 g/mol. The van der Waals surface area contributed by atoms with Crippen molar-refractivity contribution in [2.45, 2.75) is 58.7 Å². The van der Waals surface area contributed by atoms with Gasteiger partial charge >= 0.3 is 0 Å². The molecule has 0 radical (unpaired) electrons. The van der Waals surface area contributed by atoms with Gasteiger partial charge in [0, 0.05) is 36.4 Å². The normalized spacial score (nSPS) is 28.1.